The van der Waals surface area contributed by atoms with Crippen LogP contribution in [0.3, 0.4) is 0 Å². The molecular formula is C16H22N2O3. The zero-order valence-corrected chi connectivity index (χ0v) is 12.6. The van der Waals surface area contributed by atoms with Crippen molar-refractivity contribution in [3.8, 4) is 11.5 Å². The molecule has 1 saturated carbocycles. The van der Waals surface area contributed by atoms with E-state index >= 15 is 0 Å². The maximum atomic E-state index is 12.5. The Morgan fingerprint density at radius 1 is 1.29 bits per heavy atom. The first kappa shape index (κ1) is 14.0. The molecule has 0 aromatic heterocycles. The molecule has 0 saturated heterocycles. The molecule has 0 atom stereocenters. The molecule has 21 heavy (non-hydrogen) atoms. The number of amides is 2. The smallest absolute Gasteiger partial charge is 0.322 e. The highest BCUT2D eigenvalue weighted by Crippen LogP contribution is 2.37. The van der Waals surface area contributed by atoms with Crippen LogP contribution >= 0.6 is 0 Å². The maximum Gasteiger partial charge on any atom is 0.322 e. The fourth-order valence-electron chi connectivity index (χ4n) is 3.15. The molecule has 5 nitrogen and oxygen atoms in total. The summed E-state index contributed by atoms with van der Waals surface area (Å²) in [5, 5.41) is 3.02. The van der Waals surface area contributed by atoms with Gasteiger partial charge in [-0.15, -0.1) is 0 Å². The number of aryl methyl sites for hydroxylation is 1. The van der Waals surface area contributed by atoms with E-state index in [1.165, 1.54) is 12.8 Å². The van der Waals surface area contributed by atoms with E-state index in [2.05, 4.69) is 5.32 Å². The van der Waals surface area contributed by atoms with Crippen LogP contribution in [0.1, 0.15) is 38.2 Å². The van der Waals surface area contributed by atoms with Crippen molar-refractivity contribution in [2.45, 2.75) is 45.6 Å². The highest BCUT2D eigenvalue weighted by Gasteiger charge is 2.26. The van der Waals surface area contributed by atoms with E-state index in [1.807, 2.05) is 30.9 Å². The molecule has 1 heterocycles. The van der Waals surface area contributed by atoms with E-state index in [4.69, 9.17) is 9.47 Å². The topological polar surface area (TPSA) is 50.8 Å². The maximum absolute atomic E-state index is 12.5. The summed E-state index contributed by atoms with van der Waals surface area (Å²) < 4.78 is 10.7. The third-order valence-corrected chi connectivity index (χ3v) is 4.33. The van der Waals surface area contributed by atoms with Gasteiger partial charge in [-0.1, -0.05) is 12.8 Å². The lowest BCUT2D eigenvalue weighted by Gasteiger charge is -2.28. The minimum Gasteiger partial charge on any atom is -0.454 e. The van der Waals surface area contributed by atoms with Crippen LogP contribution in [0.2, 0.25) is 0 Å². The average molecular weight is 290 g/mol. The second-order valence-corrected chi connectivity index (χ2v) is 5.67. The number of urea groups is 1. The Morgan fingerprint density at radius 3 is 2.62 bits per heavy atom. The molecule has 0 spiro atoms. The summed E-state index contributed by atoms with van der Waals surface area (Å²) in [6, 6.07) is 4.11. The standard InChI is InChI=1S/C16H22N2O3/c1-3-18(12-6-4-5-7-12)16(19)17-13-9-15-14(8-11(13)2)20-10-21-15/h8-9,12H,3-7,10H2,1-2H3,(H,17,19). The van der Waals surface area contributed by atoms with Crippen LogP contribution in [0.15, 0.2) is 12.1 Å². The number of ether oxygens (including phenoxy) is 2. The molecule has 0 unspecified atom stereocenters. The minimum absolute atomic E-state index is 0.0219. The van der Waals surface area contributed by atoms with E-state index < -0.39 is 0 Å². The summed E-state index contributed by atoms with van der Waals surface area (Å²) in [6.45, 7) is 4.98. The van der Waals surface area contributed by atoms with E-state index in [0.717, 1.165) is 36.4 Å². The summed E-state index contributed by atoms with van der Waals surface area (Å²) in [7, 11) is 0. The molecule has 1 aromatic rings. The fraction of sp³-hybridized carbons (Fsp3) is 0.562. The number of nitrogens with one attached hydrogen (secondary N) is 1. The van der Waals surface area contributed by atoms with E-state index in [0.29, 0.717) is 11.8 Å². The van der Waals surface area contributed by atoms with Gasteiger partial charge in [-0.05, 0) is 38.3 Å². The zero-order chi connectivity index (χ0) is 14.8. The quantitative estimate of drug-likeness (QED) is 0.926. The first-order valence-electron chi connectivity index (χ1n) is 7.67. The molecule has 5 heteroatoms. The van der Waals surface area contributed by atoms with Crippen molar-refractivity contribution in [1.82, 2.24) is 4.90 Å². The van der Waals surface area contributed by atoms with Crippen molar-refractivity contribution >= 4 is 11.7 Å². The van der Waals surface area contributed by atoms with Crippen LogP contribution in [-0.2, 0) is 0 Å². The summed E-state index contributed by atoms with van der Waals surface area (Å²) in [6.07, 6.45) is 4.66. The van der Waals surface area contributed by atoms with Crippen molar-refractivity contribution in [3.63, 3.8) is 0 Å². The lowest BCUT2D eigenvalue weighted by atomic mass is 10.1. The van der Waals surface area contributed by atoms with Gasteiger partial charge in [-0.3, -0.25) is 0 Å². The van der Waals surface area contributed by atoms with Gasteiger partial charge in [-0.25, -0.2) is 4.79 Å². The SMILES string of the molecule is CCN(C(=O)Nc1cc2c(cc1C)OCO2)C1CCCC1. The molecule has 2 amide bonds. The number of nitrogens with zero attached hydrogens (tertiary/aromatic N) is 1. The summed E-state index contributed by atoms with van der Waals surface area (Å²) in [5.41, 5.74) is 1.77. The molecular weight excluding hydrogens is 268 g/mol. The monoisotopic (exact) mass is 290 g/mol. The Morgan fingerprint density at radius 2 is 1.95 bits per heavy atom. The molecule has 1 aromatic carbocycles. The molecule has 114 valence electrons. The van der Waals surface area contributed by atoms with E-state index in [1.54, 1.807) is 0 Å². The number of benzene rings is 1. The van der Waals surface area contributed by atoms with Crippen LogP contribution in [0.4, 0.5) is 10.5 Å². The highest BCUT2D eigenvalue weighted by atomic mass is 16.7. The van der Waals surface area contributed by atoms with Crippen LogP contribution < -0.4 is 14.8 Å². The zero-order valence-electron chi connectivity index (χ0n) is 12.6. The molecule has 1 aliphatic heterocycles. The number of carbonyl (C=O) groups is 1. The van der Waals surface area contributed by atoms with Crippen LogP contribution in [0.25, 0.3) is 0 Å². The molecule has 0 bridgehead atoms. The van der Waals surface area contributed by atoms with Gasteiger partial charge in [0.2, 0.25) is 6.79 Å². The van der Waals surface area contributed by atoms with Gasteiger partial charge in [0.15, 0.2) is 11.5 Å². The molecule has 3 rings (SSSR count). The Kier molecular flexibility index (Phi) is 3.90. The van der Waals surface area contributed by atoms with Gasteiger partial charge in [0.25, 0.3) is 0 Å². The largest absolute Gasteiger partial charge is 0.454 e. The third kappa shape index (κ3) is 2.77. The van der Waals surface area contributed by atoms with E-state index in [-0.39, 0.29) is 12.8 Å². The predicted octanol–water partition coefficient (Wildman–Crippen LogP) is 3.52. The number of rotatable bonds is 3. The molecule has 0 radical (unpaired) electrons. The van der Waals surface area contributed by atoms with E-state index in [9.17, 15) is 4.79 Å². The van der Waals surface area contributed by atoms with Gasteiger partial charge < -0.3 is 19.7 Å². The second-order valence-electron chi connectivity index (χ2n) is 5.67. The van der Waals surface area contributed by atoms with Gasteiger partial charge in [0, 0.05) is 24.3 Å². The van der Waals surface area contributed by atoms with Crippen LogP contribution in [-0.4, -0.2) is 30.3 Å². The molecule has 2 aliphatic rings. The summed E-state index contributed by atoms with van der Waals surface area (Å²) in [5.74, 6) is 1.44. The third-order valence-electron chi connectivity index (χ3n) is 4.33. The van der Waals surface area contributed by atoms with Gasteiger partial charge in [0.05, 0.1) is 0 Å². The van der Waals surface area contributed by atoms with Crippen molar-refractivity contribution in [2.75, 3.05) is 18.7 Å². The molecule has 1 fully saturated rings. The van der Waals surface area contributed by atoms with Crippen LogP contribution in [0.5, 0.6) is 11.5 Å². The Balaban J connectivity index is 1.74. The van der Waals surface area contributed by atoms with Crippen molar-refractivity contribution in [1.29, 1.82) is 0 Å². The number of hydrogen-bond acceptors (Lipinski definition) is 3. The first-order chi connectivity index (χ1) is 10.2. The Labute approximate surface area is 125 Å². The summed E-state index contributed by atoms with van der Waals surface area (Å²) >= 11 is 0. The first-order valence-corrected chi connectivity index (χ1v) is 7.67. The minimum atomic E-state index is -0.0219. The van der Waals surface area contributed by atoms with Gasteiger partial charge >= 0.3 is 6.03 Å². The number of hydrogen-bond donors (Lipinski definition) is 1. The number of carbonyl (C=O) groups excluding carboxylic acids is 1. The molecule has 1 N–H and O–H groups in total. The fourth-order valence-corrected chi connectivity index (χ4v) is 3.15. The second kappa shape index (κ2) is 5.84. The normalized spacial score (nSPS) is 17.0. The lowest BCUT2D eigenvalue weighted by Crippen LogP contribution is -2.41. The Bertz CT molecular complexity index is 539. The Hall–Kier alpha value is -1.91. The van der Waals surface area contributed by atoms with Gasteiger partial charge in [0.1, 0.15) is 0 Å². The van der Waals surface area contributed by atoms with Crippen molar-refractivity contribution in [3.05, 3.63) is 17.7 Å². The molecule has 1 aliphatic carbocycles. The number of fused-ring (bicyclic) bond motifs is 1. The number of anilines is 1. The van der Waals surface area contributed by atoms with Crippen molar-refractivity contribution in [2.24, 2.45) is 0 Å². The highest BCUT2D eigenvalue weighted by molar-refractivity contribution is 5.91. The summed E-state index contributed by atoms with van der Waals surface area (Å²) in [4.78, 5) is 14.5. The average Bonchev–Trinajstić information content (AvgIpc) is 3.11. The van der Waals surface area contributed by atoms with Gasteiger partial charge in [-0.2, -0.15) is 0 Å². The lowest BCUT2D eigenvalue weighted by molar-refractivity contribution is 0.174. The predicted molar refractivity (Wildman–Crippen MR) is 81.0 cm³/mol. The van der Waals surface area contributed by atoms with Crippen LogP contribution in [0, 0.1) is 6.92 Å². The van der Waals surface area contributed by atoms with Crippen molar-refractivity contribution < 1.29 is 14.3 Å².